The number of piperidine rings is 1. The van der Waals surface area contributed by atoms with E-state index < -0.39 is 0 Å². The van der Waals surface area contributed by atoms with E-state index >= 15 is 0 Å². The summed E-state index contributed by atoms with van der Waals surface area (Å²) in [6.07, 6.45) is 4.63. The molecule has 1 saturated heterocycles. The molecule has 140 valence electrons. The van der Waals surface area contributed by atoms with E-state index in [9.17, 15) is 4.39 Å². The third-order valence-electron chi connectivity index (χ3n) is 5.07. The van der Waals surface area contributed by atoms with Crippen molar-refractivity contribution >= 4 is 0 Å². The average molecular weight is 357 g/mol. The second-order valence-corrected chi connectivity index (χ2v) is 7.09. The van der Waals surface area contributed by atoms with Crippen LogP contribution in [0, 0.1) is 11.7 Å². The summed E-state index contributed by atoms with van der Waals surface area (Å²) < 4.78 is 18.7. The van der Waals surface area contributed by atoms with Crippen LogP contribution in [0.4, 0.5) is 4.39 Å². The normalized spacial score (nSPS) is 18.0. The maximum absolute atomic E-state index is 13.0. The Hall–Kier alpha value is -1.91. The summed E-state index contributed by atoms with van der Waals surface area (Å²) in [6.45, 7) is 3.45. The van der Waals surface area contributed by atoms with E-state index in [-0.39, 0.29) is 12.4 Å². The topological polar surface area (TPSA) is 32.7 Å². The summed E-state index contributed by atoms with van der Waals surface area (Å²) in [7, 11) is 0. The molecule has 0 unspecified atom stereocenters. The Kier molecular flexibility index (Phi) is 7.04. The highest BCUT2D eigenvalue weighted by Gasteiger charge is 2.20. The molecule has 2 aromatic rings. The van der Waals surface area contributed by atoms with Gasteiger partial charge in [-0.15, -0.1) is 0 Å². The van der Waals surface area contributed by atoms with Crippen LogP contribution in [0.3, 0.4) is 0 Å². The summed E-state index contributed by atoms with van der Waals surface area (Å²) in [4.78, 5) is 2.50. The minimum Gasteiger partial charge on any atom is -0.491 e. The fourth-order valence-corrected chi connectivity index (χ4v) is 3.72. The van der Waals surface area contributed by atoms with Gasteiger partial charge in [0.1, 0.15) is 18.2 Å². The van der Waals surface area contributed by atoms with Gasteiger partial charge in [0.2, 0.25) is 0 Å². The molecule has 1 aliphatic heterocycles. The van der Waals surface area contributed by atoms with Crippen LogP contribution in [0.5, 0.6) is 5.75 Å². The van der Waals surface area contributed by atoms with Gasteiger partial charge in [0, 0.05) is 18.7 Å². The smallest absolute Gasteiger partial charge is 0.123 e. The van der Waals surface area contributed by atoms with Crippen LogP contribution in [0.2, 0.25) is 0 Å². The average Bonchev–Trinajstić information content (AvgIpc) is 2.67. The Morgan fingerprint density at radius 2 is 1.92 bits per heavy atom. The minimum atomic E-state index is -0.167. The molecular weight excluding hydrogens is 329 g/mol. The number of rotatable bonds is 8. The van der Waals surface area contributed by atoms with Crippen molar-refractivity contribution in [1.82, 2.24) is 4.90 Å². The molecule has 0 radical (unpaired) electrons. The molecule has 4 heteroatoms. The molecule has 1 fully saturated rings. The fourth-order valence-electron chi connectivity index (χ4n) is 3.72. The van der Waals surface area contributed by atoms with Crippen molar-refractivity contribution in [2.45, 2.75) is 32.2 Å². The van der Waals surface area contributed by atoms with Crippen LogP contribution in [-0.4, -0.2) is 36.3 Å². The van der Waals surface area contributed by atoms with Gasteiger partial charge >= 0.3 is 0 Å². The van der Waals surface area contributed by atoms with Gasteiger partial charge in [-0.2, -0.15) is 0 Å². The molecule has 26 heavy (non-hydrogen) atoms. The highest BCUT2D eigenvalue weighted by molar-refractivity contribution is 5.33. The van der Waals surface area contributed by atoms with Gasteiger partial charge in [0.05, 0.1) is 6.61 Å². The number of nitrogens with zero attached hydrogens (tertiary/aromatic N) is 1. The van der Waals surface area contributed by atoms with Gasteiger partial charge in [0.25, 0.3) is 0 Å². The van der Waals surface area contributed by atoms with Gasteiger partial charge in [-0.1, -0.05) is 30.3 Å². The van der Waals surface area contributed by atoms with Gasteiger partial charge < -0.3 is 9.84 Å². The number of para-hydroxylation sites is 1. The largest absolute Gasteiger partial charge is 0.491 e. The Balaban J connectivity index is 1.53. The first kappa shape index (κ1) is 18.9. The Labute approximate surface area is 155 Å². The first-order valence-corrected chi connectivity index (χ1v) is 9.53. The molecule has 0 aliphatic carbocycles. The second-order valence-electron chi connectivity index (χ2n) is 7.09. The second kappa shape index (κ2) is 9.70. The highest BCUT2D eigenvalue weighted by Crippen LogP contribution is 2.26. The van der Waals surface area contributed by atoms with E-state index in [0.29, 0.717) is 12.5 Å². The highest BCUT2D eigenvalue weighted by atomic mass is 19.1. The predicted octanol–water partition coefficient (Wildman–Crippen LogP) is 4.04. The molecule has 0 spiro atoms. The number of hydrogen-bond acceptors (Lipinski definition) is 3. The summed E-state index contributed by atoms with van der Waals surface area (Å²) in [6, 6.07) is 15.0. The van der Waals surface area contributed by atoms with Crippen LogP contribution in [0.15, 0.2) is 48.5 Å². The van der Waals surface area contributed by atoms with Crippen LogP contribution >= 0.6 is 0 Å². The first-order chi connectivity index (χ1) is 12.7. The van der Waals surface area contributed by atoms with E-state index in [1.807, 2.05) is 30.3 Å². The van der Waals surface area contributed by atoms with Crippen molar-refractivity contribution in [2.24, 2.45) is 5.92 Å². The molecule has 0 saturated carbocycles. The Morgan fingerprint density at radius 3 is 2.73 bits per heavy atom. The molecule has 0 aromatic heterocycles. The maximum Gasteiger partial charge on any atom is 0.123 e. The Morgan fingerprint density at radius 1 is 1.12 bits per heavy atom. The zero-order valence-corrected chi connectivity index (χ0v) is 15.2. The van der Waals surface area contributed by atoms with E-state index in [0.717, 1.165) is 38.2 Å². The lowest BCUT2D eigenvalue weighted by Gasteiger charge is -2.33. The summed E-state index contributed by atoms with van der Waals surface area (Å²) in [5.41, 5.74) is 2.39. The lowest BCUT2D eigenvalue weighted by molar-refractivity contribution is 0.157. The zero-order chi connectivity index (χ0) is 18.2. The van der Waals surface area contributed by atoms with E-state index in [4.69, 9.17) is 9.84 Å². The number of benzene rings is 2. The summed E-state index contributed by atoms with van der Waals surface area (Å²) in [5, 5.41) is 8.99. The maximum atomic E-state index is 13.0. The molecule has 3 rings (SSSR count). The summed E-state index contributed by atoms with van der Waals surface area (Å²) >= 11 is 0. The quantitative estimate of drug-likeness (QED) is 0.774. The van der Waals surface area contributed by atoms with Gasteiger partial charge in [-0.05, 0) is 61.9 Å². The molecular formula is C22H28FNO2. The SMILES string of the molecule is OCCOc1ccccc1CN1CCC[C@H](CCc2ccc(F)cc2)C1. The number of aliphatic hydroxyl groups excluding tert-OH is 1. The standard InChI is InChI=1S/C22H28FNO2/c23-21-11-9-18(10-12-21)7-8-19-4-3-13-24(16-19)17-20-5-1-2-6-22(20)26-15-14-25/h1-2,5-6,9-12,19,25H,3-4,7-8,13-17H2/t19-/m1/s1. The molecule has 1 atom stereocenters. The number of hydrogen-bond donors (Lipinski definition) is 1. The first-order valence-electron chi connectivity index (χ1n) is 9.53. The fraction of sp³-hybridized carbons (Fsp3) is 0.455. The lowest BCUT2D eigenvalue weighted by atomic mass is 9.91. The van der Waals surface area contributed by atoms with Crippen LogP contribution in [-0.2, 0) is 13.0 Å². The van der Waals surface area contributed by atoms with Crippen molar-refractivity contribution < 1.29 is 14.2 Å². The van der Waals surface area contributed by atoms with Crippen molar-refractivity contribution in [1.29, 1.82) is 0 Å². The molecule has 1 N–H and O–H groups in total. The molecule has 1 heterocycles. The van der Waals surface area contributed by atoms with Gasteiger partial charge in [-0.25, -0.2) is 4.39 Å². The molecule has 2 aromatic carbocycles. The molecule has 0 amide bonds. The Bertz CT molecular complexity index is 674. The minimum absolute atomic E-state index is 0.0313. The number of ether oxygens (including phenoxy) is 1. The number of halogens is 1. The third-order valence-corrected chi connectivity index (χ3v) is 5.07. The molecule has 1 aliphatic rings. The van der Waals surface area contributed by atoms with Crippen molar-refractivity contribution in [2.75, 3.05) is 26.3 Å². The number of aliphatic hydroxyl groups is 1. The number of likely N-dealkylation sites (tertiary alicyclic amines) is 1. The molecule has 0 bridgehead atoms. The van der Waals surface area contributed by atoms with Crippen LogP contribution < -0.4 is 4.74 Å². The zero-order valence-electron chi connectivity index (χ0n) is 15.2. The summed E-state index contributed by atoms with van der Waals surface area (Å²) in [5.74, 6) is 1.38. The molecule has 3 nitrogen and oxygen atoms in total. The van der Waals surface area contributed by atoms with E-state index in [2.05, 4.69) is 11.0 Å². The van der Waals surface area contributed by atoms with Crippen LogP contribution in [0.1, 0.15) is 30.4 Å². The predicted molar refractivity (Wildman–Crippen MR) is 102 cm³/mol. The van der Waals surface area contributed by atoms with Gasteiger partial charge in [0.15, 0.2) is 0 Å². The van der Waals surface area contributed by atoms with Crippen molar-refractivity contribution in [3.05, 3.63) is 65.5 Å². The van der Waals surface area contributed by atoms with E-state index in [1.165, 1.54) is 24.0 Å². The van der Waals surface area contributed by atoms with Gasteiger partial charge in [-0.3, -0.25) is 4.90 Å². The monoisotopic (exact) mass is 357 g/mol. The number of aryl methyl sites for hydroxylation is 1. The lowest BCUT2D eigenvalue weighted by Crippen LogP contribution is -2.35. The van der Waals surface area contributed by atoms with E-state index in [1.54, 1.807) is 12.1 Å². The third kappa shape index (κ3) is 5.55. The van der Waals surface area contributed by atoms with Crippen molar-refractivity contribution in [3.8, 4) is 5.75 Å². The van der Waals surface area contributed by atoms with Crippen molar-refractivity contribution in [3.63, 3.8) is 0 Å². The van der Waals surface area contributed by atoms with Crippen LogP contribution in [0.25, 0.3) is 0 Å².